The average Bonchev–Trinajstić information content (AvgIpc) is 3.08. The SMILES string of the molecule is Cc1ccoc1C(=O)NC1CCN(CC(=O)N2CCC(C)Sc3ccccc32)CC1. The minimum Gasteiger partial charge on any atom is -0.459 e. The molecule has 0 radical (unpaired) electrons. The van der Waals surface area contributed by atoms with Crippen molar-refractivity contribution in [2.75, 3.05) is 31.1 Å². The van der Waals surface area contributed by atoms with Crippen molar-refractivity contribution in [3.63, 3.8) is 0 Å². The number of piperidine rings is 1. The van der Waals surface area contributed by atoms with Gasteiger partial charge in [-0.25, -0.2) is 0 Å². The summed E-state index contributed by atoms with van der Waals surface area (Å²) in [4.78, 5) is 30.8. The molecule has 3 heterocycles. The van der Waals surface area contributed by atoms with Gasteiger partial charge in [0.25, 0.3) is 5.91 Å². The van der Waals surface area contributed by atoms with Crippen LogP contribution in [0.2, 0.25) is 0 Å². The van der Waals surface area contributed by atoms with Gasteiger partial charge >= 0.3 is 0 Å². The second-order valence-electron chi connectivity index (χ2n) is 8.19. The quantitative estimate of drug-likeness (QED) is 0.806. The molecule has 1 saturated heterocycles. The molecule has 2 aromatic rings. The van der Waals surface area contributed by atoms with E-state index in [2.05, 4.69) is 29.3 Å². The number of aryl methyl sites for hydroxylation is 1. The molecule has 0 aliphatic carbocycles. The molecule has 0 bridgehead atoms. The first-order chi connectivity index (χ1) is 14.5. The molecule has 0 spiro atoms. The lowest BCUT2D eigenvalue weighted by Crippen LogP contribution is -2.48. The maximum atomic E-state index is 13.1. The molecule has 1 atom stereocenters. The summed E-state index contributed by atoms with van der Waals surface area (Å²) in [6, 6.07) is 10.1. The van der Waals surface area contributed by atoms with Crippen molar-refractivity contribution < 1.29 is 14.0 Å². The summed E-state index contributed by atoms with van der Waals surface area (Å²) in [6.45, 7) is 6.87. The van der Waals surface area contributed by atoms with Crippen LogP contribution in [0.1, 0.15) is 42.3 Å². The van der Waals surface area contributed by atoms with Crippen molar-refractivity contribution in [2.24, 2.45) is 0 Å². The van der Waals surface area contributed by atoms with E-state index in [0.717, 1.165) is 50.1 Å². The number of furan rings is 1. The molecule has 4 rings (SSSR count). The molecule has 1 fully saturated rings. The maximum absolute atomic E-state index is 13.1. The number of carbonyl (C=O) groups is 2. The largest absolute Gasteiger partial charge is 0.459 e. The van der Waals surface area contributed by atoms with Crippen LogP contribution < -0.4 is 10.2 Å². The first-order valence-corrected chi connectivity index (χ1v) is 11.5. The second kappa shape index (κ2) is 9.27. The summed E-state index contributed by atoms with van der Waals surface area (Å²) in [5.41, 5.74) is 1.88. The van der Waals surface area contributed by atoms with Gasteiger partial charge in [0, 0.05) is 41.4 Å². The third-order valence-corrected chi connectivity index (χ3v) is 7.13. The van der Waals surface area contributed by atoms with Crippen molar-refractivity contribution in [2.45, 2.75) is 49.3 Å². The molecule has 0 saturated carbocycles. The zero-order chi connectivity index (χ0) is 21.1. The van der Waals surface area contributed by atoms with Gasteiger partial charge in [-0.1, -0.05) is 19.1 Å². The Bertz CT molecular complexity index is 905. The van der Waals surface area contributed by atoms with Gasteiger partial charge in [-0.05, 0) is 44.4 Å². The first kappa shape index (κ1) is 21.0. The number of para-hydroxylation sites is 1. The topological polar surface area (TPSA) is 65.8 Å². The number of hydrogen-bond acceptors (Lipinski definition) is 5. The highest BCUT2D eigenvalue weighted by atomic mass is 32.2. The molecular formula is C23H29N3O3S. The van der Waals surface area contributed by atoms with Crippen LogP contribution in [0.15, 0.2) is 45.9 Å². The molecule has 1 unspecified atom stereocenters. The summed E-state index contributed by atoms with van der Waals surface area (Å²) < 4.78 is 5.28. The average molecular weight is 428 g/mol. The van der Waals surface area contributed by atoms with Crippen molar-refractivity contribution in [3.05, 3.63) is 47.9 Å². The molecule has 1 aromatic carbocycles. The number of hydrogen-bond donors (Lipinski definition) is 1. The molecule has 1 N–H and O–H groups in total. The van der Waals surface area contributed by atoms with E-state index in [9.17, 15) is 9.59 Å². The van der Waals surface area contributed by atoms with E-state index in [-0.39, 0.29) is 17.9 Å². The van der Waals surface area contributed by atoms with Crippen LogP contribution in [-0.4, -0.2) is 54.2 Å². The molecule has 2 amide bonds. The van der Waals surface area contributed by atoms with Crippen molar-refractivity contribution in [1.82, 2.24) is 10.2 Å². The third-order valence-electron chi connectivity index (χ3n) is 5.89. The van der Waals surface area contributed by atoms with Crippen LogP contribution in [0.4, 0.5) is 5.69 Å². The Morgan fingerprint density at radius 3 is 2.63 bits per heavy atom. The fourth-order valence-electron chi connectivity index (χ4n) is 4.11. The molecule has 2 aliphatic heterocycles. The van der Waals surface area contributed by atoms with E-state index in [1.54, 1.807) is 12.3 Å². The Kier molecular flexibility index (Phi) is 6.49. The zero-order valence-corrected chi connectivity index (χ0v) is 18.4. The zero-order valence-electron chi connectivity index (χ0n) is 17.6. The summed E-state index contributed by atoms with van der Waals surface area (Å²) in [7, 11) is 0. The number of thioether (sulfide) groups is 1. The van der Waals surface area contributed by atoms with Crippen molar-refractivity contribution in [3.8, 4) is 0 Å². The fraction of sp³-hybridized carbons (Fsp3) is 0.478. The van der Waals surface area contributed by atoms with Crippen LogP contribution in [0, 0.1) is 6.92 Å². The van der Waals surface area contributed by atoms with Gasteiger partial charge in [-0.2, -0.15) is 0 Å². The summed E-state index contributed by atoms with van der Waals surface area (Å²) in [5, 5.41) is 3.57. The lowest BCUT2D eigenvalue weighted by Gasteiger charge is -2.33. The predicted molar refractivity (Wildman–Crippen MR) is 119 cm³/mol. The molecule has 1 aromatic heterocycles. The van der Waals surface area contributed by atoms with Crippen LogP contribution in [0.5, 0.6) is 0 Å². The Labute approximate surface area is 182 Å². The Balaban J connectivity index is 1.31. The summed E-state index contributed by atoms with van der Waals surface area (Å²) in [5.74, 6) is 0.394. The summed E-state index contributed by atoms with van der Waals surface area (Å²) >= 11 is 1.85. The van der Waals surface area contributed by atoms with Crippen LogP contribution in [0.25, 0.3) is 0 Å². The Morgan fingerprint density at radius 1 is 1.13 bits per heavy atom. The highest BCUT2D eigenvalue weighted by Crippen LogP contribution is 2.37. The molecule has 160 valence electrons. The van der Waals surface area contributed by atoms with E-state index < -0.39 is 0 Å². The lowest BCUT2D eigenvalue weighted by atomic mass is 10.0. The third kappa shape index (κ3) is 4.73. The van der Waals surface area contributed by atoms with Gasteiger partial charge in [0.15, 0.2) is 5.76 Å². The number of likely N-dealkylation sites (tertiary alicyclic amines) is 1. The van der Waals surface area contributed by atoms with E-state index in [4.69, 9.17) is 4.42 Å². The predicted octanol–water partition coefficient (Wildman–Crippen LogP) is 3.70. The van der Waals surface area contributed by atoms with Crippen LogP contribution in [0.3, 0.4) is 0 Å². The van der Waals surface area contributed by atoms with Gasteiger partial charge in [-0.3, -0.25) is 14.5 Å². The number of rotatable bonds is 4. The number of amides is 2. The number of fused-ring (bicyclic) bond motifs is 1. The molecule has 2 aliphatic rings. The van der Waals surface area contributed by atoms with Crippen LogP contribution in [-0.2, 0) is 4.79 Å². The number of nitrogens with one attached hydrogen (secondary N) is 1. The highest BCUT2D eigenvalue weighted by molar-refractivity contribution is 8.00. The van der Waals surface area contributed by atoms with E-state index in [1.165, 1.54) is 4.90 Å². The Hall–Kier alpha value is -2.25. The second-order valence-corrected chi connectivity index (χ2v) is 9.67. The summed E-state index contributed by atoms with van der Waals surface area (Å²) in [6.07, 6.45) is 4.20. The van der Waals surface area contributed by atoms with E-state index in [0.29, 0.717) is 17.6 Å². The van der Waals surface area contributed by atoms with Crippen molar-refractivity contribution in [1.29, 1.82) is 0 Å². The lowest BCUT2D eigenvalue weighted by molar-refractivity contribution is -0.120. The van der Waals surface area contributed by atoms with Gasteiger partial charge in [0.1, 0.15) is 0 Å². The normalized spacial score (nSPS) is 20.5. The Morgan fingerprint density at radius 2 is 1.90 bits per heavy atom. The maximum Gasteiger partial charge on any atom is 0.287 e. The van der Waals surface area contributed by atoms with Gasteiger partial charge in [0.05, 0.1) is 18.5 Å². The standard InChI is InChI=1S/C23H29N3O3S/c1-16-10-14-29-22(16)23(28)24-18-8-11-25(12-9-18)15-21(27)26-13-7-17(2)30-20-6-4-3-5-19(20)26/h3-6,10,14,17-18H,7-9,11-13,15H2,1-2H3,(H,24,28). The smallest absolute Gasteiger partial charge is 0.287 e. The molecule has 30 heavy (non-hydrogen) atoms. The number of nitrogens with zero attached hydrogens (tertiary/aromatic N) is 2. The van der Waals surface area contributed by atoms with Gasteiger partial charge in [-0.15, -0.1) is 11.8 Å². The monoisotopic (exact) mass is 427 g/mol. The molecule has 7 heteroatoms. The number of anilines is 1. The fourth-order valence-corrected chi connectivity index (χ4v) is 5.23. The van der Waals surface area contributed by atoms with E-state index >= 15 is 0 Å². The van der Waals surface area contributed by atoms with Crippen LogP contribution >= 0.6 is 11.8 Å². The number of carbonyl (C=O) groups excluding carboxylic acids is 2. The van der Waals surface area contributed by atoms with Gasteiger partial charge < -0.3 is 14.6 Å². The highest BCUT2D eigenvalue weighted by Gasteiger charge is 2.28. The molecule has 6 nitrogen and oxygen atoms in total. The van der Waals surface area contributed by atoms with Crippen molar-refractivity contribution >= 4 is 29.3 Å². The van der Waals surface area contributed by atoms with Gasteiger partial charge in [0.2, 0.25) is 5.91 Å². The minimum atomic E-state index is -0.153. The first-order valence-electron chi connectivity index (χ1n) is 10.6. The molecular weight excluding hydrogens is 398 g/mol. The number of benzene rings is 1. The minimum absolute atomic E-state index is 0.115. The van der Waals surface area contributed by atoms with E-state index in [1.807, 2.05) is 35.7 Å².